The van der Waals surface area contributed by atoms with E-state index < -0.39 is 10.0 Å². The summed E-state index contributed by atoms with van der Waals surface area (Å²) in [4.78, 5) is 21.2. The van der Waals surface area contributed by atoms with E-state index in [2.05, 4.69) is 24.8 Å². The van der Waals surface area contributed by atoms with Crippen LogP contribution in [0, 0.1) is 0 Å². The predicted molar refractivity (Wildman–Crippen MR) is 113 cm³/mol. The third-order valence-corrected chi connectivity index (χ3v) is 7.33. The van der Waals surface area contributed by atoms with Gasteiger partial charge in [-0.15, -0.1) is 0 Å². The van der Waals surface area contributed by atoms with E-state index in [4.69, 9.17) is 0 Å². The summed E-state index contributed by atoms with van der Waals surface area (Å²) in [6, 6.07) is 3.57. The Kier molecular flexibility index (Phi) is 7.13. The van der Waals surface area contributed by atoms with Gasteiger partial charge in [0.05, 0.1) is 6.04 Å². The van der Waals surface area contributed by atoms with Crippen molar-refractivity contribution in [3.8, 4) is 0 Å². The Labute approximate surface area is 174 Å². The van der Waals surface area contributed by atoms with Gasteiger partial charge in [0.25, 0.3) is 0 Å². The molecule has 0 bridgehead atoms. The molecule has 2 aliphatic rings. The third-order valence-electron chi connectivity index (χ3n) is 5.83. The maximum atomic E-state index is 12.5. The lowest BCUT2D eigenvalue weighted by Crippen LogP contribution is -2.54. The lowest BCUT2D eigenvalue weighted by Gasteiger charge is -2.38. The standard InChI is InChI=1S/C20H33N5O3S/c1-4-16(5-2)23-29(27,28)18-8-9-19(21-14-18)25-12-10-24(11-13-25)15(3)20(26)22-17-6-7-17/h8-9,14-17,23H,4-7,10-13H2,1-3H3,(H,22,26). The highest BCUT2D eigenvalue weighted by molar-refractivity contribution is 7.89. The molecule has 1 saturated carbocycles. The van der Waals surface area contributed by atoms with Crippen LogP contribution in [0.4, 0.5) is 5.82 Å². The van der Waals surface area contributed by atoms with E-state index in [0.29, 0.717) is 6.04 Å². The van der Waals surface area contributed by atoms with Gasteiger partial charge in [-0.3, -0.25) is 9.69 Å². The van der Waals surface area contributed by atoms with Gasteiger partial charge in [0, 0.05) is 44.5 Å². The van der Waals surface area contributed by atoms with Crippen LogP contribution in [0.5, 0.6) is 0 Å². The minimum absolute atomic E-state index is 0.0631. The topological polar surface area (TPSA) is 94.6 Å². The number of nitrogens with one attached hydrogen (secondary N) is 2. The molecule has 8 nitrogen and oxygen atoms in total. The second kappa shape index (κ2) is 9.40. The zero-order valence-electron chi connectivity index (χ0n) is 17.6. The number of pyridine rings is 1. The SMILES string of the molecule is CCC(CC)NS(=O)(=O)c1ccc(N2CCN(C(C)C(=O)NC3CC3)CC2)nc1. The molecule has 1 aromatic rings. The molecule has 0 spiro atoms. The van der Waals surface area contributed by atoms with Gasteiger partial charge < -0.3 is 10.2 Å². The van der Waals surface area contributed by atoms with Crippen LogP contribution in [-0.2, 0) is 14.8 Å². The fraction of sp³-hybridized carbons (Fsp3) is 0.700. The first-order valence-corrected chi connectivity index (χ1v) is 12.1. The molecule has 162 valence electrons. The van der Waals surface area contributed by atoms with E-state index >= 15 is 0 Å². The monoisotopic (exact) mass is 423 g/mol. The van der Waals surface area contributed by atoms with E-state index in [0.717, 1.165) is 57.7 Å². The fourth-order valence-corrected chi connectivity index (χ4v) is 4.86. The highest BCUT2D eigenvalue weighted by atomic mass is 32.2. The Morgan fingerprint density at radius 1 is 1.17 bits per heavy atom. The minimum atomic E-state index is -3.55. The number of anilines is 1. The van der Waals surface area contributed by atoms with Crippen molar-refractivity contribution in [2.24, 2.45) is 0 Å². The van der Waals surface area contributed by atoms with Crippen molar-refractivity contribution in [2.45, 2.75) is 69.5 Å². The van der Waals surface area contributed by atoms with Crippen LogP contribution in [0.15, 0.2) is 23.2 Å². The van der Waals surface area contributed by atoms with E-state index in [-0.39, 0.29) is 22.9 Å². The number of sulfonamides is 1. The van der Waals surface area contributed by atoms with Crippen LogP contribution in [-0.4, -0.2) is 68.5 Å². The number of rotatable bonds is 9. The summed E-state index contributed by atoms with van der Waals surface area (Å²) in [5, 5.41) is 3.07. The number of carbonyl (C=O) groups is 1. The van der Waals surface area contributed by atoms with Crippen molar-refractivity contribution in [3.05, 3.63) is 18.3 Å². The molecule has 1 aliphatic heterocycles. The highest BCUT2D eigenvalue weighted by Gasteiger charge is 2.30. The fourth-order valence-electron chi connectivity index (χ4n) is 3.51. The summed E-state index contributed by atoms with van der Waals surface area (Å²) in [5.41, 5.74) is 0. The van der Waals surface area contributed by atoms with E-state index in [1.807, 2.05) is 20.8 Å². The Balaban J connectivity index is 1.55. The number of hydrogen-bond donors (Lipinski definition) is 2. The van der Waals surface area contributed by atoms with Crippen LogP contribution in [0.1, 0.15) is 46.5 Å². The smallest absolute Gasteiger partial charge is 0.242 e. The zero-order valence-corrected chi connectivity index (χ0v) is 18.4. The molecule has 2 N–H and O–H groups in total. The van der Waals surface area contributed by atoms with Gasteiger partial charge in [-0.2, -0.15) is 0 Å². The van der Waals surface area contributed by atoms with Gasteiger partial charge in [-0.25, -0.2) is 18.1 Å². The van der Waals surface area contributed by atoms with Crippen molar-refractivity contribution in [2.75, 3.05) is 31.1 Å². The maximum Gasteiger partial charge on any atom is 0.242 e. The van der Waals surface area contributed by atoms with E-state index in [1.54, 1.807) is 12.1 Å². The number of carbonyl (C=O) groups excluding carboxylic acids is 1. The van der Waals surface area contributed by atoms with Crippen molar-refractivity contribution in [1.29, 1.82) is 0 Å². The van der Waals surface area contributed by atoms with Gasteiger partial charge in [0.2, 0.25) is 15.9 Å². The third kappa shape index (κ3) is 5.67. The van der Waals surface area contributed by atoms with Crippen molar-refractivity contribution < 1.29 is 13.2 Å². The first kappa shape index (κ1) is 22.0. The molecule has 2 fully saturated rings. The first-order valence-electron chi connectivity index (χ1n) is 10.6. The summed E-state index contributed by atoms with van der Waals surface area (Å²) >= 11 is 0. The number of piperazine rings is 1. The van der Waals surface area contributed by atoms with Crippen molar-refractivity contribution in [3.63, 3.8) is 0 Å². The Morgan fingerprint density at radius 2 is 1.83 bits per heavy atom. The lowest BCUT2D eigenvalue weighted by atomic mass is 10.2. The molecule has 0 aromatic carbocycles. The van der Waals surface area contributed by atoms with Crippen molar-refractivity contribution in [1.82, 2.24) is 19.9 Å². The summed E-state index contributed by atoms with van der Waals surface area (Å²) in [5.74, 6) is 0.875. The van der Waals surface area contributed by atoms with Crippen molar-refractivity contribution >= 4 is 21.7 Å². The largest absolute Gasteiger partial charge is 0.354 e. The molecule has 3 rings (SSSR count). The van der Waals surface area contributed by atoms with Crippen LogP contribution in [0.25, 0.3) is 0 Å². The van der Waals surface area contributed by atoms with Gasteiger partial charge in [-0.05, 0) is 44.7 Å². The second-order valence-electron chi connectivity index (χ2n) is 7.97. The molecule has 1 atom stereocenters. The summed E-state index contributed by atoms with van der Waals surface area (Å²) in [6.45, 7) is 8.95. The summed E-state index contributed by atoms with van der Waals surface area (Å²) in [7, 11) is -3.55. The van der Waals surface area contributed by atoms with Crippen LogP contribution >= 0.6 is 0 Å². The predicted octanol–water partition coefficient (Wildman–Crippen LogP) is 1.34. The molecule has 1 saturated heterocycles. The molecule has 9 heteroatoms. The van der Waals surface area contributed by atoms with Crippen LogP contribution < -0.4 is 14.9 Å². The van der Waals surface area contributed by atoms with Gasteiger partial charge in [0.1, 0.15) is 10.7 Å². The summed E-state index contributed by atoms with van der Waals surface area (Å²) < 4.78 is 27.7. The molecule has 1 unspecified atom stereocenters. The average molecular weight is 424 g/mol. The van der Waals surface area contributed by atoms with E-state index in [9.17, 15) is 13.2 Å². The van der Waals surface area contributed by atoms with Gasteiger partial charge in [-0.1, -0.05) is 13.8 Å². The normalized spacial score (nSPS) is 19.4. The molecular weight excluding hydrogens is 390 g/mol. The van der Waals surface area contributed by atoms with Gasteiger partial charge in [0.15, 0.2) is 0 Å². The molecule has 1 amide bonds. The highest BCUT2D eigenvalue weighted by Crippen LogP contribution is 2.20. The molecule has 2 heterocycles. The van der Waals surface area contributed by atoms with Crippen LogP contribution in [0.3, 0.4) is 0 Å². The zero-order chi connectivity index (χ0) is 21.0. The number of aromatic nitrogens is 1. The number of amides is 1. The quantitative estimate of drug-likeness (QED) is 0.622. The Morgan fingerprint density at radius 3 is 2.34 bits per heavy atom. The van der Waals surface area contributed by atoms with Crippen LogP contribution in [0.2, 0.25) is 0 Å². The lowest BCUT2D eigenvalue weighted by molar-refractivity contribution is -0.126. The number of hydrogen-bond acceptors (Lipinski definition) is 6. The first-order chi connectivity index (χ1) is 13.8. The molecule has 1 aliphatic carbocycles. The Bertz CT molecular complexity index is 783. The molecule has 0 radical (unpaired) electrons. The Hall–Kier alpha value is -1.71. The van der Waals surface area contributed by atoms with Gasteiger partial charge >= 0.3 is 0 Å². The minimum Gasteiger partial charge on any atom is -0.354 e. The summed E-state index contributed by atoms with van der Waals surface area (Å²) in [6.07, 6.45) is 5.12. The maximum absolute atomic E-state index is 12.5. The average Bonchev–Trinajstić information content (AvgIpc) is 3.55. The van der Waals surface area contributed by atoms with E-state index in [1.165, 1.54) is 6.20 Å². The molecule has 29 heavy (non-hydrogen) atoms. The molecular formula is C20H33N5O3S. The number of nitrogens with zero attached hydrogens (tertiary/aromatic N) is 3. The molecule has 1 aromatic heterocycles. The second-order valence-corrected chi connectivity index (χ2v) is 9.68.